The van der Waals surface area contributed by atoms with Gasteiger partial charge in [-0.15, -0.1) is 0 Å². The molecule has 0 bridgehead atoms. The lowest BCUT2D eigenvalue weighted by molar-refractivity contribution is 0.0501. The molecule has 1 rings (SSSR count). The van der Waals surface area contributed by atoms with Crippen molar-refractivity contribution in [1.82, 2.24) is 5.32 Å². The normalized spacial score (nSPS) is 30.0. The van der Waals surface area contributed by atoms with E-state index in [9.17, 15) is 5.11 Å². The molecule has 0 aromatic heterocycles. The molecule has 0 spiro atoms. The molecule has 1 aliphatic carbocycles. The smallest absolute Gasteiger partial charge is 0.0693 e. The summed E-state index contributed by atoms with van der Waals surface area (Å²) in [4.78, 5) is 0. The molecular weight excluding hydrogens is 140 g/mol. The van der Waals surface area contributed by atoms with Crippen molar-refractivity contribution in [1.29, 1.82) is 0 Å². The molecule has 66 valence electrons. The standard InChI is InChI=1S/C8H18N2O/c9-5-1-2-6-10-7-3-4-8(7)11/h7-8,10-11H,1-6,9H2/t7-,8-/m1/s1. The van der Waals surface area contributed by atoms with Crippen molar-refractivity contribution in [2.45, 2.75) is 37.8 Å². The molecule has 0 aromatic rings. The second kappa shape index (κ2) is 4.70. The Morgan fingerprint density at radius 1 is 1.36 bits per heavy atom. The Labute approximate surface area is 68.0 Å². The zero-order valence-corrected chi connectivity index (χ0v) is 6.92. The summed E-state index contributed by atoms with van der Waals surface area (Å²) in [5.74, 6) is 0. The second-order valence-electron chi connectivity index (χ2n) is 3.20. The van der Waals surface area contributed by atoms with Crippen LogP contribution in [-0.4, -0.2) is 30.3 Å². The lowest BCUT2D eigenvalue weighted by Crippen LogP contribution is -2.48. The van der Waals surface area contributed by atoms with E-state index in [0.717, 1.165) is 38.8 Å². The predicted molar refractivity (Wildman–Crippen MR) is 45.3 cm³/mol. The number of hydrogen-bond acceptors (Lipinski definition) is 3. The zero-order chi connectivity index (χ0) is 8.10. The minimum absolute atomic E-state index is 0.0899. The van der Waals surface area contributed by atoms with Gasteiger partial charge in [-0.25, -0.2) is 0 Å². The summed E-state index contributed by atoms with van der Waals surface area (Å²) in [6, 6.07) is 0.368. The Hall–Kier alpha value is -0.120. The van der Waals surface area contributed by atoms with Crippen LogP contribution in [0.1, 0.15) is 25.7 Å². The van der Waals surface area contributed by atoms with E-state index in [2.05, 4.69) is 5.32 Å². The van der Waals surface area contributed by atoms with Gasteiger partial charge in [0.1, 0.15) is 0 Å². The third-order valence-corrected chi connectivity index (χ3v) is 2.28. The summed E-state index contributed by atoms with van der Waals surface area (Å²) >= 11 is 0. The van der Waals surface area contributed by atoms with E-state index in [1.165, 1.54) is 0 Å². The average molecular weight is 158 g/mol. The van der Waals surface area contributed by atoms with Gasteiger partial charge in [0.05, 0.1) is 6.10 Å². The predicted octanol–water partition coefficient (Wildman–Crippen LogP) is -0.162. The molecule has 0 unspecified atom stereocenters. The number of nitrogens with two attached hydrogens (primary N) is 1. The number of aliphatic hydroxyl groups is 1. The third-order valence-electron chi connectivity index (χ3n) is 2.28. The van der Waals surface area contributed by atoms with E-state index in [0.29, 0.717) is 6.04 Å². The van der Waals surface area contributed by atoms with Crippen molar-refractivity contribution in [3.63, 3.8) is 0 Å². The first-order valence-electron chi connectivity index (χ1n) is 4.46. The molecule has 0 heterocycles. The lowest BCUT2D eigenvalue weighted by Gasteiger charge is -2.33. The topological polar surface area (TPSA) is 58.3 Å². The van der Waals surface area contributed by atoms with Crippen LogP contribution in [-0.2, 0) is 0 Å². The molecule has 1 saturated carbocycles. The maximum atomic E-state index is 9.18. The third kappa shape index (κ3) is 2.77. The molecule has 11 heavy (non-hydrogen) atoms. The average Bonchev–Trinajstić information content (AvgIpc) is 2.02. The Balaban J connectivity index is 1.87. The van der Waals surface area contributed by atoms with Crippen LogP contribution in [0.2, 0.25) is 0 Å². The minimum atomic E-state index is -0.0899. The molecule has 0 aromatic carbocycles. The molecule has 0 radical (unpaired) electrons. The van der Waals surface area contributed by atoms with Gasteiger partial charge < -0.3 is 16.2 Å². The molecule has 0 saturated heterocycles. The van der Waals surface area contributed by atoms with Crippen molar-refractivity contribution in [3.8, 4) is 0 Å². The second-order valence-corrected chi connectivity index (χ2v) is 3.20. The number of rotatable bonds is 5. The molecule has 0 aliphatic heterocycles. The van der Waals surface area contributed by atoms with Crippen LogP contribution in [0.25, 0.3) is 0 Å². The highest BCUT2D eigenvalue weighted by Gasteiger charge is 2.27. The number of unbranched alkanes of at least 4 members (excludes halogenated alkanes) is 1. The number of aliphatic hydroxyl groups excluding tert-OH is 1. The SMILES string of the molecule is NCCCCN[C@@H]1CC[C@H]1O. The molecule has 3 nitrogen and oxygen atoms in total. The zero-order valence-electron chi connectivity index (χ0n) is 6.92. The van der Waals surface area contributed by atoms with Crippen molar-refractivity contribution in [3.05, 3.63) is 0 Å². The fraction of sp³-hybridized carbons (Fsp3) is 1.00. The first-order valence-corrected chi connectivity index (χ1v) is 4.46. The van der Waals surface area contributed by atoms with Gasteiger partial charge in [-0.2, -0.15) is 0 Å². The van der Waals surface area contributed by atoms with E-state index < -0.39 is 0 Å². The van der Waals surface area contributed by atoms with Gasteiger partial charge in [0.25, 0.3) is 0 Å². The summed E-state index contributed by atoms with van der Waals surface area (Å²) in [6.45, 7) is 1.77. The highest BCUT2D eigenvalue weighted by molar-refractivity contribution is 4.85. The number of hydrogen-bond donors (Lipinski definition) is 3. The number of nitrogens with one attached hydrogen (secondary N) is 1. The van der Waals surface area contributed by atoms with Gasteiger partial charge in [-0.05, 0) is 38.8 Å². The molecule has 0 amide bonds. The first-order chi connectivity index (χ1) is 5.34. The van der Waals surface area contributed by atoms with Gasteiger partial charge in [-0.3, -0.25) is 0 Å². The minimum Gasteiger partial charge on any atom is -0.392 e. The van der Waals surface area contributed by atoms with Gasteiger partial charge in [-0.1, -0.05) is 0 Å². The maximum absolute atomic E-state index is 9.18. The van der Waals surface area contributed by atoms with E-state index >= 15 is 0 Å². The van der Waals surface area contributed by atoms with Crippen LogP contribution in [0.4, 0.5) is 0 Å². The Morgan fingerprint density at radius 3 is 2.64 bits per heavy atom. The summed E-state index contributed by atoms with van der Waals surface area (Å²) in [7, 11) is 0. The first kappa shape index (κ1) is 8.97. The van der Waals surface area contributed by atoms with E-state index in [1.54, 1.807) is 0 Å². The molecule has 2 atom stereocenters. The Bertz CT molecular complexity index is 108. The summed E-state index contributed by atoms with van der Waals surface area (Å²) in [5.41, 5.74) is 5.34. The van der Waals surface area contributed by atoms with E-state index in [4.69, 9.17) is 5.73 Å². The molecule has 1 fully saturated rings. The van der Waals surface area contributed by atoms with Crippen LogP contribution in [0.5, 0.6) is 0 Å². The highest BCUT2D eigenvalue weighted by atomic mass is 16.3. The van der Waals surface area contributed by atoms with Crippen LogP contribution < -0.4 is 11.1 Å². The quantitative estimate of drug-likeness (QED) is 0.487. The van der Waals surface area contributed by atoms with E-state index in [1.807, 2.05) is 0 Å². The van der Waals surface area contributed by atoms with Crippen LogP contribution in [0.15, 0.2) is 0 Å². The lowest BCUT2D eigenvalue weighted by atomic mass is 9.89. The van der Waals surface area contributed by atoms with Crippen LogP contribution in [0, 0.1) is 0 Å². The molecule has 3 heteroatoms. The van der Waals surface area contributed by atoms with Gasteiger partial charge in [0.15, 0.2) is 0 Å². The summed E-state index contributed by atoms with van der Waals surface area (Å²) in [5, 5.41) is 12.5. The van der Waals surface area contributed by atoms with Gasteiger partial charge in [0.2, 0.25) is 0 Å². The van der Waals surface area contributed by atoms with Crippen LogP contribution in [0.3, 0.4) is 0 Å². The van der Waals surface area contributed by atoms with Crippen LogP contribution >= 0.6 is 0 Å². The van der Waals surface area contributed by atoms with Crippen molar-refractivity contribution >= 4 is 0 Å². The van der Waals surface area contributed by atoms with Gasteiger partial charge >= 0.3 is 0 Å². The maximum Gasteiger partial charge on any atom is 0.0693 e. The van der Waals surface area contributed by atoms with Crippen molar-refractivity contribution < 1.29 is 5.11 Å². The fourth-order valence-corrected chi connectivity index (χ4v) is 1.28. The van der Waals surface area contributed by atoms with Crippen molar-refractivity contribution in [2.75, 3.05) is 13.1 Å². The van der Waals surface area contributed by atoms with Gasteiger partial charge in [0, 0.05) is 6.04 Å². The molecule has 1 aliphatic rings. The monoisotopic (exact) mass is 158 g/mol. The summed E-state index contributed by atoms with van der Waals surface area (Å²) in [6.07, 6.45) is 4.21. The Kier molecular flexibility index (Phi) is 3.83. The van der Waals surface area contributed by atoms with Crippen molar-refractivity contribution in [2.24, 2.45) is 5.73 Å². The largest absolute Gasteiger partial charge is 0.392 e. The highest BCUT2D eigenvalue weighted by Crippen LogP contribution is 2.18. The molecule has 4 N–H and O–H groups in total. The Morgan fingerprint density at radius 2 is 2.18 bits per heavy atom. The fourth-order valence-electron chi connectivity index (χ4n) is 1.28. The van der Waals surface area contributed by atoms with E-state index in [-0.39, 0.29) is 6.10 Å². The summed E-state index contributed by atoms with van der Waals surface area (Å²) < 4.78 is 0. The molecular formula is C8H18N2O.